The number of benzene rings is 1. The van der Waals surface area contributed by atoms with Crippen molar-refractivity contribution in [2.24, 2.45) is 0 Å². The maximum atomic E-state index is 13.8. The third kappa shape index (κ3) is 3.95. The van der Waals surface area contributed by atoms with E-state index in [2.05, 4.69) is 5.92 Å². The fraction of sp³-hybridized carbons (Fsp3) is 0.308. The van der Waals surface area contributed by atoms with Crippen LogP contribution >= 0.6 is 10.7 Å². The number of hydrogen-bond acceptors (Lipinski definition) is 3. The number of rotatable bonds is 5. The zero-order valence-electron chi connectivity index (χ0n) is 10.8. The van der Waals surface area contributed by atoms with Gasteiger partial charge in [-0.3, -0.25) is 4.79 Å². The van der Waals surface area contributed by atoms with Gasteiger partial charge in [-0.2, -0.15) is 0 Å². The second-order valence-electron chi connectivity index (χ2n) is 4.01. The Morgan fingerprint density at radius 3 is 2.60 bits per heavy atom. The van der Waals surface area contributed by atoms with Gasteiger partial charge in [0.25, 0.3) is 15.0 Å². The van der Waals surface area contributed by atoms with E-state index in [1.54, 1.807) is 0 Å². The van der Waals surface area contributed by atoms with Crippen molar-refractivity contribution in [3.8, 4) is 12.3 Å². The van der Waals surface area contributed by atoms with Gasteiger partial charge >= 0.3 is 0 Å². The molecule has 0 aliphatic carbocycles. The molecule has 0 unspecified atom stereocenters. The zero-order chi connectivity index (χ0) is 15.3. The van der Waals surface area contributed by atoms with Crippen molar-refractivity contribution in [3.05, 3.63) is 29.6 Å². The molecule has 0 saturated carbocycles. The Labute approximate surface area is 122 Å². The van der Waals surface area contributed by atoms with Crippen LogP contribution in [-0.2, 0) is 9.05 Å². The molecule has 108 valence electrons. The molecule has 1 aromatic carbocycles. The van der Waals surface area contributed by atoms with E-state index in [1.165, 1.54) is 4.90 Å². The van der Waals surface area contributed by atoms with E-state index in [1.807, 2.05) is 6.92 Å². The summed E-state index contributed by atoms with van der Waals surface area (Å²) in [6.45, 7) is 2.30. The first kappa shape index (κ1) is 16.5. The number of halogens is 2. The topological polar surface area (TPSA) is 54.5 Å². The highest BCUT2D eigenvalue weighted by Gasteiger charge is 2.20. The summed E-state index contributed by atoms with van der Waals surface area (Å²) >= 11 is 0. The van der Waals surface area contributed by atoms with E-state index < -0.39 is 25.7 Å². The molecule has 0 saturated heterocycles. The Hall–Kier alpha value is -1.58. The van der Waals surface area contributed by atoms with Crippen LogP contribution in [0.3, 0.4) is 0 Å². The van der Waals surface area contributed by atoms with Crippen LogP contribution in [-0.4, -0.2) is 32.3 Å². The zero-order valence-corrected chi connectivity index (χ0v) is 12.3. The predicted octanol–water partition coefficient (Wildman–Crippen LogP) is 2.24. The number of carbonyl (C=O) groups is 1. The van der Waals surface area contributed by atoms with E-state index in [4.69, 9.17) is 17.1 Å². The van der Waals surface area contributed by atoms with E-state index in [-0.39, 0.29) is 12.1 Å². The van der Waals surface area contributed by atoms with Crippen LogP contribution in [0, 0.1) is 18.2 Å². The SMILES string of the molecule is C#CCN(CCC)C(=O)c1ccc(S(=O)(=O)Cl)cc1F. The molecular formula is C13H13ClFNO3S. The highest BCUT2D eigenvalue weighted by molar-refractivity contribution is 8.13. The molecule has 0 radical (unpaired) electrons. The van der Waals surface area contributed by atoms with Crippen molar-refractivity contribution in [3.63, 3.8) is 0 Å². The lowest BCUT2D eigenvalue weighted by atomic mass is 10.2. The van der Waals surface area contributed by atoms with Crippen molar-refractivity contribution in [1.82, 2.24) is 4.90 Å². The molecule has 1 aromatic rings. The molecule has 7 heteroatoms. The Kier molecular flexibility index (Phi) is 5.54. The van der Waals surface area contributed by atoms with Gasteiger partial charge < -0.3 is 4.90 Å². The summed E-state index contributed by atoms with van der Waals surface area (Å²) in [4.78, 5) is 13.0. The van der Waals surface area contributed by atoms with E-state index >= 15 is 0 Å². The molecule has 0 fully saturated rings. The average Bonchev–Trinajstić information content (AvgIpc) is 2.36. The molecule has 0 aromatic heterocycles. The summed E-state index contributed by atoms with van der Waals surface area (Å²) in [5, 5.41) is 0. The van der Waals surface area contributed by atoms with Gasteiger partial charge in [-0.05, 0) is 24.6 Å². The average molecular weight is 318 g/mol. The fourth-order valence-corrected chi connectivity index (χ4v) is 2.39. The summed E-state index contributed by atoms with van der Waals surface area (Å²) in [5.41, 5.74) is -0.238. The first-order chi connectivity index (χ1) is 9.31. The van der Waals surface area contributed by atoms with Crippen molar-refractivity contribution in [2.75, 3.05) is 13.1 Å². The third-order valence-electron chi connectivity index (χ3n) is 2.52. The molecule has 20 heavy (non-hydrogen) atoms. The summed E-state index contributed by atoms with van der Waals surface area (Å²) in [7, 11) is 1.07. The second kappa shape index (κ2) is 6.73. The quantitative estimate of drug-likeness (QED) is 0.618. The van der Waals surface area contributed by atoms with E-state index in [0.717, 1.165) is 18.2 Å². The second-order valence-corrected chi connectivity index (χ2v) is 6.58. The number of nitrogens with zero attached hydrogens (tertiary/aromatic N) is 1. The highest BCUT2D eigenvalue weighted by Crippen LogP contribution is 2.19. The van der Waals surface area contributed by atoms with Gasteiger partial charge in [0.2, 0.25) is 0 Å². The minimum Gasteiger partial charge on any atom is -0.327 e. The standard InChI is InChI=1S/C13H13ClFNO3S/c1-3-7-16(8-4-2)13(17)11-6-5-10(9-12(11)15)20(14,18)19/h1,5-6,9H,4,7-8H2,2H3. The van der Waals surface area contributed by atoms with Crippen LogP contribution in [0.4, 0.5) is 4.39 Å². The minimum absolute atomic E-state index is 0.0572. The molecular weight excluding hydrogens is 305 g/mol. The summed E-state index contributed by atoms with van der Waals surface area (Å²) in [6, 6.07) is 2.89. The normalized spacial score (nSPS) is 10.9. The lowest BCUT2D eigenvalue weighted by molar-refractivity contribution is 0.0772. The highest BCUT2D eigenvalue weighted by atomic mass is 35.7. The molecule has 0 spiro atoms. The van der Waals surface area contributed by atoms with Gasteiger partial charge in [0.15, 0.2) is 0 Å². The lowest BCUT2D eigenvalue weighted by Crippen LogP contribution is -2.32. The number of carbonyl (C=O) groups excluding carboxylic acids is 1. The lowest BCUT2D eigenvalue weighted by Gasteiger charge is -2.19. The Bertz CT molecular complexity index is 652. The molecule has 0 aliphatic heterocycles. The van der Waals surface area contributed by atoms with Crippen LogP contribution in [0.1, 0.15) is 23.7 Å². The smallest absolute Gasteiger partial charge is 0.261 e. The first-order valence-electron chi connectivity index (χ1n) is 5.78. The maximum Gasteiger partial charge on any atom is 0.261 e. The van der Waals surface area contributed by atoms with Crippen LogP contribution in [0.5, 0.6) is 0 Å². The largest absolute Gasteiger partial charge is 0.327 e. The molecule has 0 aliphatic rings. The molecule has 0 bridgehead atoms. The monoisotopic (exact) mass is 317 g/mol. The van der Waals surface area contributed by atoms with Crippen molar-refractivity contribution in [2.45, 2.75) is 18.2 Å². The van der Waals surface area contributed by atoms with Crippen LogP contribution < -0.4 is 0 Å². The van der Waals surface area contributed by atoms with Crippen molar-refractivity contribution < 1.29 is 17.6 Å². The number of terminal acetylenes is 1. The third-order valence-corrected chi connectivity index (χ3v) is 3.87. The number of hydrogen-bond donors (Lipinski definition) is 0. The van der Waals surface area contributed by atoms with Crippen LogP contribution in [0.15, 0.2) is 23.1 Å². The van der Waals surface area contributed by atoms with Gasteiger partial charge in [-0.15, -0.1) is 6.42 Å². The van der Waals surface area contributed by atoms with Gasteiger partial charge in [0.1, 0.15) is 5.82 Å². The van der Waals surface area contributed by atoms with Crippen molar-refractivity contribution >= 4 is 25.6 Å². The summed E-state index contributed by atoms with van der Waals surface area (Å²) < 4.78 is 36.0. The Morgan fingerprint density at radius 1 is 1.50 bits per heavy atom. The molecule has 0 atom stereocenters. The Balaban J connectivity index is 3.14. The van der Waals surface area contributed by atoms with E-state index in [9.17, 15) is 17.6 Å². The molecule has 1 rings (SSSR count). The van der Waals surface area contributed by atoms with Gasteiger partial charge in [0.05, 0.1) is 17.0 Å². The molecule has 0 heterocycles. The molecule has 0 N–H and O–H groups in total. The van der Waals surface area contributed by atoms with Gasteiger partial charge in [-0.25, -0.2) is 12.8 Å². The number of amides is 1. The summed E-state index contributed by atoms with van der Waals surface area (Å²) in [5.74, 6) is 0.792. The van der Waals surface area contributed by atoms with Gasteiger partial charge in [0, 0.05) is 17.2 Å². The minimum atomic E-state index is -4.03. The first-order valence-corrected chi connectivity index (χ1v) is 8.09. The maximum absolute atomic E-state index is 13.8. The van der Waals surface area contributed by atoms with Crippen molar-refractivity contribution in [1.29, 1.82) is 0 Å². The van der Waals surface area contributed by atoms with Crippen LogP contribution in [0.2, 0.25) is 0 Å². The van der Waals surface area contributed by atoms with E-state index in [0.29, 0.717) is 13.0 Å². The molecule has 4 nitrogen and oxygen atoms in total. The van der Waals surface area contributed by atoms with Crippen LogP contribution in [0.25, 0.3) is 0 Å². The predicted molar refractivity (Wildman–Crippen MR) is 74.5 cm³/mol. The summed E-state index contributed by atoms with van der Waals surface area (Å²) in [6.07, 6.45) is 5.83. The fourth-order valence-electron chi connectivity index (χ4n) is 1.62. The van der Waals surface area contributed by atoms with Gasteiger partial charge in [-0.1, -0.05) is 12.8 Å². The Morgan fingerprint density at radius 2 is 2.15 bits per heavy atom. The molecule has 1 amide bonds.